The van der Waals surface area contributed by atoms with E-state index in [2.05, 4.69) is 32.5 Å². The van der Waals surface area contributed by atoms with Crippen LogP contribution in [0.2, 0.25) is 0 Å². The van der Waals surface area contributed by atoms with Gasteiger partial charge in [0.05, 0.1) is 18.0 Å². The number of hydrogen-bond acceptors (Lipinski definition) is 5. The highest BCUT2D eigenvalue weighted by Gasteiger charge is 2.23. The summed E-state index contributed by atoms with van der Waals surface area (Å²) in [5, 5.41) is 3.92. The lowest BCUT2D eigenvalue weighted by Gasteiger charge is -2.37. The minimum absolute atomic E-state index is 0.0780. The Balaban J connectivity index is 1.54. The molecule has 3 N–H and O–H groups in total. The van der Waals surface area contributed by atoms with E-state index in [4.69, 9.17) is 10.5 Å². The van der Waals surface area contributed by atoms with E-state index >= 15 is 0 Å². The van der Waals surface area contributed by atoms with E-state index in [0.29, 0.717) is 17.4 Å². The van der Waals surface area contributed by atoms with Crippen LogP contribution in [0.5, 0.6) is 0 Å². The molecular formula is C17H24FN5OS. The van der Waals surface area contributed by atoms with Gasteiger partial charge in [-0.05, 0) is 42.8 Å². The monoisotopic (exact) mass is 365 g/mol. The molecule has 2 fully saturated rings. The lowest BCUT2D eigenvalue weighted by molar-refractivity contribution is 0.0712. The Kier molecular flexibility index (Phi) is 6.17. The first kappa shape index (κ1) is 18.0. The molecule has 0 spiro atoms. The van der Waals surface area contributed by atoms with Crippen molar-refractivity contribution in [3.05, 3.63) is 29.6 Å². The third-order valence-corrected chi connectivity index (χ3v) is 4.65. The Morgan fingerprint density at radius 1 is 1.40 bits per heavy atom. The maximum absolute atomic E-state index is 14.4. The summed E-state index contributed by atoms with van der Waals surface area (Å²) >= 11 is 4.66. The topological polar surface area (TPSA) is 66.1 Å². The van der Waals surface area contributed by atoms with Gasteiger partial charge in [-0.2, -0.15) is 5.10 Å². The van der Waals surface area contributed by atoms with Crippen molar-refractivity contribution in [1.29, 1.82) is 0 Å². The molecule has 0 radical (unpaired) electrons. The Morgan fingerprint density at radius 3 is 2.84 bits per heavy atom. The minimum atomic E-state index is -0.244. The zero-order valence-electron chi connectivity index (χ0n) is 14.2. The van der Waals surface area contributed by atoms with Gasteiger partial charge in [0.2, 0.25) is 0 Å². The van der Waals surface area contributed by atoms with Gasteiger partial charge < -0.3 is 15.4 Å². The summed E-state index contributed by atoms with van der Waals surface area (Å²) in [6.45, 7) is 5.38. The molecule has 1 aromatic carbocycles. The third kappa shape index (κ3) is 5.10. The van der Waals surface area contributed by atoms with E-state index in [1.807, 2.05) is 6.07 Å². The summed E-state index contributed by atoms with van der Waals surface area (Å²) in [7, 11) is 0. The summed E-state index contributed by atoms with van der Waals surface area (Å²) in [5.41, 5.74) is 9.03. The average Bonchev–Trinajstić information content (AvgIpc) is 3.09. The van der Waals surface area contributed by atoms with Crippen molar-refractivity contribution in [3.63, 3.8) is 0 Å². The van der Waals surface area contributed by atoms with Gasteiger partial charge in [-0.1, -0.05) is 6.07 Å². The quantitative estimate of drug-likeness (QED) is 0.466. The summed E-state index contributed by atoms with van der Waals surface area (Å²) < 4.78 is 20.1. The summed E-state index contributed by atoms with van der Waals surface area (Å²) in [5.74, 6) is -0.244. The fraction of sp³-hybridized carbons (Fsp3) is 0.529. The zero-order chi connectivity index (χ0) is 17.6. The molecule has 1 unspecified atom stereocenters. The van der Waals surface area contributed by atoms with Gasteiger partial charge in [0.15, 0.2) is 5.11 Å². The van der Waals surface area contributed by atoms with E-state index in [9.17, 15) is 4.39 Å². The van der Waals surface area contributed by atoms with Crippen LogP contribution in [0.15, 0.2) is 23.3 Å². The van der Waals surface area contributed by atoms with Gasteiger partial charge in [0, 0.05) is 39.3 Å². The third-order valence-electron chi connectivity index (χ3n) is 4.56. The van der Waals surface area contributed by atoms with Crippen molar-refractivity contribution < 1.29 is 9.13 Å². The Labute approximate surface area is 152 Å². The van der Waals surface area contributed by atoms with Crippen molar-refractivity contribution in [1.82, 2.24) is 10.3 Å². The van der Waals surface area contributed by atoms with Gasteiger partial charge in [-0.15, -0.1) is 0 Å². The van der Waals surface area contributed by atoms with Crippen LogP contribution < -0.4 is 16.1 Å². The number of nitrogens with one attached hydrogen (secondary N) is 1. The second-order valence-corrected chi connectivity index (χ2v) is 6.81. The highest BCUT2D eigenvalue weighted by molar-refractivity contribution is 7.80. The number of hydrogen-bond donors (Lipinski definition) is 2. The first-order valence-electron chi connectivity index (χ1n) is 8.59. The number of rotatable bonds is 5. The molecule has 3 rings (SSSR count). The van der Waals surface area contributed by atoms with Crippen LogP contribution in [-0.4, -0.2) is 61.7 Å². The highest BCUT2D eigenvalue weighted by atomic mass is 32.1. The van der Waals surface area contributed by atoms with Crippen LogP contribution >= 0.6 is 12.2 Å². The molecule has 0 saturated carbocycles. The second kappa shape index (κ2) is 8.55. The molecule has 1 aromatic rings. The Bertz CT molecular complexity index is 627. The Morgan fingerprint density at radius 2 is 2.20 bits per heavy atom. The second-order valence-electron chi connectivity index (χ2n) is 6.37. The van der Waals surface area contributed by atoms with E-state index in [-0.39, 0.29) is 10.9 Å². The summed E-state index contributed by atoms with van der Waals surface area (Å²) in [4.78, 5) is 4.50. The molecule has 2 aliphatic rings. The van der Waals surface area contributed by atoms with Crippen molar-refractivity contribution >= 4 is 29.2 Å². The standard InChI is InChI=1S/C17H24FN5OS/c18-15-10-13(11-20-21-17(19)25)3-4-16(15)23-7-5-22(6-8-23)12-14-2-1-9-24-14/h3-4,10-11,14H,1-2,5-9,12H2,(H3,19,21,25)/b20-11+. The smallest absolute Gasteiger partial charge is 0.184 e. The van der Waals surface area contributed by atoms with Crippen LogP contribution in [0.3, 0.4) is 0 Å². The number of benzene rings is 1. The van der Waals surface area contributed by atoms with E-state index in [1.165, 1.54) is 12.3 Å². The van der Waals surface area contributed by atoms with Gasteiger partial charge in [0.25, 0.3) is 0 Å². The van der Waals surface area contributed by atoms with Gasteiger partial charge in [0.1, 0.15) is 5.82 Å². The van der Waals surface area contributed by atoms with Crippen LogP contribution in [0.4, 0.5) is 10.1 Å². The number of hydrazone groups is 1. The summed E-state index contributed by atoms with van der Waals surface area (Å²) in [6, 6.07) is 5.11. The van der Waals surface area contributed by atoms with Crippen molar-refractivity contribution in [3.8, 4) is 0 Å². The first-order chi connectivity index (χ1) is 12.1. The number of piperazine rings is 1. The number of anilines is 1. The fourth-order valence-electron chi connectivity index (χ4n) is 3.28. The molecule has 0 aliphatic carbocycles. The molecule has 0 amide bonds. The molecule has 2 heterocycles. The highest BCUT2D eigenvalue weighted by Crippen LogP contribution is 2.22. The number of nitrogens with zero attached hydrogens (tertiary/aromatic N) is 3. The molecule has 136 valence electrons. The lowest BCUT2D eigenvalue weighted by atomic mass is 10.1. The molecule has 2 aliphatic heterocycles. The molecule has 1 atom stereocenters. The van der Waals surface area contributed by atoms with Gasteiger partial charge in [-0.25, -0.2) is 4.39 Å². The molecular weight excluding hydrogens is 341 g/mol. The number of thiocarbonyl (C=S) groups is 1. The van der Waals surface area contributed by atoms with Gasteiger partial charge >= 0.3 is 0 Å². The maximum Gasteiger partial charge on any atom is 0.184 e. The SMILES string of the molecule is NC(=S)N/N=C/c1ccc(N2CCN(CC3CCCO3)CC2)c(F)c1. The predicted octanol–water partition coefficient (Wildman–Crippen LogP) is 1.29. The number of nitrogens with two attached hydrogens (primary N) is 1. The van der Waals surface area contributed by atoms with Crippen molar-refractivity contribution in [2.75, 3.05) is 44.2 Å². The molecule has 6 nitrogen and oxygen atoms in total. The minimum Gasteiger partial charge on any atom is -0.377 e. The van der Waals surface area contributed by atoms with E-state index in [0.717, 1.165) is 52.2 Å². The normalized spacial score (nSPS) is 21.8. The first-order valence-corrected chi connectivity index (χ1v) is 8.99. The average molecular weight is 365 g/mol. The zero-order valence-corrected chi connectivity index (χ0v) is 15.0. The summed E-state index contributed by atoms with van der Waals surface area (Å²) in [6.07, 6.45) is 4.18. The van der Waals surface area contributed by atoms with Crippen molar-refractivity contribution in [2.45, 2.75) is 18.9 Å². The Hall–Kier alpha value is -1.77. The number of ether oxygens (including phenoxy) is 1. The number of halogens is 1. The molecule has 0 bridgehead atoms. The van der Waals surface area contributed by atoms with Crippen LogP contribution in [-0.2, 0) is 4.74 Å². The van der Waals surface area contributed by atoms with E-state index < -0.39 is 0 Å². The van der Waals surface area contributed by atoms with Crippen LogP contribution in [0, 0.1) is 5.82 Å². The van der Waals surface area contributed by atoms with Crippen LogP contribution in [0.1, 0.15) is 18.4 Å². The molecule has 25 heavy (non-hydrogen) atoms. The van der Waals surface area contributed by atoms with Crippen LogP contribution in [0.25, 0.3) is 0 Å². The lowest BCUT2D eigenvalue weighted by Crippen LogP contribution is -2.48. The molecule has 0 aromatic heterocycles. The predicted molar refractivity (Wildman–Crippen MR) is 102 cm³/mol. The fourth-order valence-corrected chi connectivity index (χ4v) is 3.33. The van der Waals surface area contributed by atoms with Crippen molar-refractivity contribution in [2.24, 2.45) is 10.8 Å². The molecule has 8 heteroatoms. The largest absolute Gasteiger partial charge is 0.377 e. The van der Waals surface area contributed by atoms with E-state index in [1.54, 1.807) is 6.07 Å². The molecule has 2 saturated heterocycles. The maximum atomic E-state index is 14.4. The van der Waals surface area contributed by atoms with Gasteiger partial charge in [-0.3, -0.25) is 10.3 Å².